The van der Waals surface area contributed by atoms with Crippen molar-refractivity contribution in [3.8, 4) is 33.4 Å². The van der Waals surface area contributed by atoms with Crippen molar-refractivity contribution in [1.82, 2.24) is 0 Å². The summed E-state index contributed by atoms with van der Waals surface area (Å²) in [7, 11) is 0. The van der Waals surface area contributed by atoms with Crippen LogP contribution < -0.4 is 0 Å². The molecule has 52 heavy (non-hydrogen) atoms. The molecule has 0 aromatic heterocycles. The average Bonchev–Trinajstić information content (AvgIpc) is 3.23. The Morgan fingerprint density at radius 2 is 0.481 bits per heavy atom. The quantitative estimate of drug-likeness (QED) is 0.161. The molecule has 0 nitrogen and oxygen atoms in total. The monoisotopic (exact) mass is 662 g/mol. The maximum absolute atomic E-state index is 2.42. The Kier molecular flexibility index (Phi) is 7.18. The van der Waals surface area contributed by atoms with Crippen LogP contribution in [0.2, 0.25) is 0 Å². The van der Waals surface area contributed by atoms with Crippen molar-refractivity contribution < 1.29 is 0 Å². The van der Waals surface area contributed by atoms with E-state index in [0.29, 0.717) is 0 Å². The van der Waals surface area contributed by atoms with Gasteiger partial charge in [-0.15, -0.1) is 0 Å². The Hall–Kier alpha value is -6.24. The molecule has 0 spiro atoms. The minimum absolute atomic E-state index is 0.980. The predicted molar refractivity (Wildman–Crippen MR) is 227 cm³/mol. The molecule has 0 atom stereocenters. The number of aryl methyl sites for hydroxylation is 2. The molecule has 0 heterocycles. The molecular formula is C52H38. The molecule has 0 aliphatic carbocycles. The molecule has 0 amide bonds. The van der Waals surface area contributed by atoms with Gasteiger partial charge in [-0.1, -0.05) is 159 Å². The molecule has 0 saturated carbocycles. The molecule has 0 saturated heterocycles. The van der Waals surface area contributed by atoms with E-state index in [9.17, 15) is 0 Å². The van der Waals surface area contributed by atoms with Gasteiger partial charge >= 0.3 is 0 Å². The van der Waals surface area contributed by atoms with Gasteiger partial charge < -0.3 is 0 Å². The van der Waals surface area contributed by atoms with E-state index in [1.54, 1.807) is 0 Å². The first-order valence-corrected chi connectivity index (χ1v) is 18.6. The van der Waals surface area contributed by atoms with E-state index < -0.39 is 0 Å². The molecule has 0 bridgehead atoms. The van der Waals surface area contributed by atoms with E-state index in [2.05, 4.69) is 184 Å². The zero-order valence-electron chi connectivity index (χ0n) is 29.6. The van der Waals surface area contributed by atoms with Gasteiger partial charge in [0.2, 0.25) is 0 Å². The molecule has 246 valence electrons. The lowest BCUT2D eigenvalue weighted by Crippen LogP contribution is -1.91. The molecule has 0 fully saturated rings. The minimum Gasteiger partial charge on any atom is -0.0616 e. The third-order valence-electron chi connectivity index (χ3n) is 11.3. The van der Waals surface area contributed by atoms with E-state index >= 15 is 0 Å². The van der Waals surface area contributed by atoms with Gasteiger partial charge in [-0.3, -0.25) is 0 Å². The Labute approximate surface area is 304 Å². The summed E-state index contributed by atoms with van der Waals surface area (Å²) in [5.74, 6) is 0. The molecular weight excluding hydrogens is 625 g/mol. The van der Waals surface area contributed by atoms with Crippen LogP contribution in [0.4, 0.5) is 0 Å². The van der Waals surface area contributed by atoms with Crippen molar-refractivity contribution in [1.29, 1.82) is 0 Å². The second-order valence-electron chi connectivity index (χ2n) is 14.2. The van der Waals surface area contributed by atoms with E-state index in [-0.39, 0.29) is 0 Å². The van der Waals surface area contributed by atoms with Crippen LogP contribution in [0.15, 0.2) is 170 Å². The lowest BCUT2D eigenvalue weighted by Gasteiger charge is -2.15. The summed E-state index contributed by atoms with van der Waals surface area (Å²) < 4.78 is 0. The van der Waals surface area contributed by atoms with Crippen LogP contribution in [-0.2, 0) is 12.8 Å². The first-order valence-electron chi connectivity index (χ1n) is 18.6. The van der Waals surface area contributed by atoms with Crippen LogP contribution in [0.3, 0.4) is 0 Å². The number of rotatable bonds is 5. The molecule has 10 aromatic rings. The Balaban J connectivity index is 1.14. The second-order valence-corrected chi connectivity index (χ2v) is 14.2. The fourth-order valence-corrected chi connectivity index (χ4v) is 8.63. The van der Waals surface area contributed by atoms with Crippen LogP contribution in [0, 0.1) is 0 Å². The summed E-state index contributed by atoms with van der Waals surface area (Å²) in [6.45, 7) is 4.53. The van der Waals surface area contributed by atoms with E-state index in [1.807, 2.05) is 0 Å². The third-order valence-corrected chi connectivity index (χ3v) is 11.3. The van der Waals surface area contributed by atoms with Gasteiger partial charge in [-0.2, -0.15) is 0 Å². The van der Waals surface area contributed by atoms with Crippen molar-refractivity contribution in [2.24, 2.45) is 0 Å². The standard InChI is InChI=1S/C52H38/c1-3-33-25-37(35-21-23-49-45-17-7-5-13-41(45)43-15-9-11-19-47(43)51(49)31-35)29-39(27-33)40-28-34(4-2)26-38(30-40)36-22-24-50-46-18-8-6-14-42(46)44-16-10-12-20-48(44)52(50)32-36/h5-32H,3-4H2,1-2H3. The summed E-state index contributed by atoms with van der Waals surface area (Å²) in [5.41, 5.74) is 10.3. The largest absolute Gasteiger partial charge is 0.0616 e. The van der Waals surface area contributed by atoms with Gasteiger partial charge in [0, 0.05) is 0 Å². The molecule has 0 aliphatic rings. The Morgan fingerprint density at radius 1 is 0.231 bits per heavy atom. The predicted octanol–water partition coefficient (Wildman–Crippen LogP) is 14.7. The molecule has 10 aromatic carbocycles. The highest BCUT2D eigenvalue weighted by atomic mass is 14.2. The topological polar surface area (TPSA) is 0 Å². The zero-order chi connectivity index (χ0) is 34.8. The van der Waals surface area contributed by atoms with Crippen molar-refractivity contribution in [3.63, 3.8) is 0 Å². The van der Waals surface area contributed by atoms with Gasteiger partial charge in [0.05, 0.1) is 0 Å². The van der Waals surface area contributed by atoms with Crippen molar-refractivity contribution in [2.45, 2.75) is 26.7 Å². The van der Waals surface area contributed by atoms with Crippen LogP contribution in [0.25, 0.3) is 98.0 Å². The van der Waals surface area contributed by atoms with Crippen LogP contribution in [0.5, 0.6) is 0 Å². The number of benzene rings is 10. The smallest absolute Gasteiger partial charge is 0.00928 e. The van der Waals surface area contributed by atoms with E-state index in [1.165, 1.54) is 109 Å². The Bertz CT molecular complexity index is 2750. The minimum atomic E-state index is 0.980. The first kappa shape index (κ1) is 30.6. The van der Waals surface area contributed by atoms with E-state index in [4.69, 9.17) is 0 Å². The van der Waals surface area contributed by atoms with Crippen LogP contribution >= 0.6 is 0 Å². The highest BCUT2D eigenvalue weighted by Crippen LogP contribution is 2.40. The fraction of sp³-hybridized carbons (Fsp3) is 0.0769. The van der Waals surface area contributed by atoms with Crippen molar-refractivity contribution in [3.05, 3.63) is 181 Å². The number of hydrogen-bond acceptors (Lipinski definition) is 0. The molecule has 0 unspecified atom stereocenters. The summed E-state index contributed by atoms with van der Waals surface area (Å²) in [6.07, 6.45) is 1.96. The molecule has 0 radical (unpaired) electrons. The lowest BCUT2D eigenvalue weighted by molar-refractivity contribution is 1.14. The van der Waals surface area contributed by atoms with Gasteiger partial charge in [0.1, 0.15) is 0 Å². The van der Waals surface area contributed by atoms with Crippen molar-refractivity contribution >= 4 is 64.6 Å². The van der Waals surface area contributed by atoms with Gasteiger partial charge in [0.15, 0.2) is 0 Å². The summed E-state index contributed by atoms with van der Waals surface area (Å²) in [5, 5.41) is 15.7. The zero-order valence-corrected chi connectivity index (χ0v) is 29.6. The van der Waals surface area contributed by atoms with Gasteiger partial charge in [0.25, 0.3) is 0 Å². The fourth-order valence-electron chi connectivity index (χ4n) is 8.63. The third kappa shape index (κ3) is 4.90. The molecule has 0 aliphatic heterocycles. The molecule has 10 rings (SSSR count). The Morgan fingerprint density at radius 3 is 0.769 bits per heavy atom. The summed E-state index contributed by atoms with van der Waals surface area (Å²) in [6, 6.07) is 63.9. The van der Waals surface area contributed by atoms with Gasteiger partial charge in [-0.25, -0.2) is 0 Å². The number of hydrogen-bond donors (Lipinski definition) is 0. The van der Waals surface area contributed by atoms with E-state index in [0.717, 1.165) is 12.8 Å². The highest BCUT2D eigenvalue weighted by Gasteiger charge is 2.14. The van der Waals surface area contributed by atoms with Crippen molar-refractivity contribution in [2.75, 3.05) is 0 Å². The lowest BCUT2D eigenvalue weighted by atomic mass is 9.89. The maximum atomic E-state index is 2.42. The number of fused-ring (bicyclic) bond motifs is 12. The molecule has 0 N–H and O–H groups in total. The van der Waals surface area contributed by atoms with Gasteiger partial charge in [-0.05, 0) is 146 Å². The second kappa shape index (κ2) is 12.2. The first-order chi connectivity index (χ1) is 25.7. The summed E-state index contributed by atoms with van der Waals surface area (Å²) >= 11 is 0. The van der Waals surface area contributed by atoms with Crippen LogP contribution in [0.1, 0.15) is 25.0 Å². The average molecular weight is 663 g/mol. The normalized spacial score (nSPS) is 11.8. The maximum Gasteiger partial charge on any atom is -0.00928 e. The molecule has 0 heteroatoms. The summed E-state index contributed by atoms with van der Waals surface area (Å²) in [4.78, 5) is 0. The SMILES string of the molecule is CCc1cc(-c2cc(CC)cc(-c3ccc4c5ccccc5c5ccccc5c4c3)c2)cc(-c2ccc3c4ccccc4c4ccccc4c3c2)c1. The van der Waals surface area contributed by atoms with Crippen LogP contribution in [-0.4, -0.2) is 0 Å². The highest BCUT2D eigenvalue weighted by molar-refractivity contribution is 6.27.